The van der Waals surface area contributed by atoms with Gasteiger partial charge in [0, 0.05) is 38.4 Å². The summed E-state index contributed by atoms with van der Waals surface area (Å²) < 4.78 is 0. The van der Waals surface area contributed by atoms with Gasteiger partial charge in [0.25, 0.3) is 0 Å². The molecule has 0 unspecified atom stereocenters. The highest BCUT2D eigenvalue weighted by molar-refractivity contribution is 5.85. The molecule has 0 atom stereocenters. The molecule has 0 saturated carbocycles. The molecule has 1 N–H and O–H groups in total. The van der Waals surface area contributed by atoms with Crippen LogP contribution in [0.25, 0.3) is 0 Å². The van der Waals surface area contributed by atoms with Crippen molar-refractivity contribution in [1.82, 2.24) is 4.90 Å². The highest BCUT2D eigenvalue weighted by Gasteiger charge is 2.17. The summed E-state index contributed by atoms with van der Waals surface area (Å²) in [4.78, 5) is 15.1. The lowest BCUT2D eigenvalue weighted by molar-refractivity contribution is -0.137. The van der Waals surface area contributed by atoms with Crippen molar-refractivity contribution in [1.29, 1.82) is 0 Å². The minimum atomic E-state index is -0.712. The van der Waals surface area contributed by atoms with Gasteiger partial charge in [-0.2, -0.15) is 0 Å². The van der Waals surface area contributed by atoms with Crippen LogP contribution in [0.2, 0.25) is 0 Å². The Morgan fingerprint density at radius 3 is 2.26 bits per heavy atom. The summed E-state index contributed by atoms with van der Waals surface area (Å²) in [5, 5.41) is 8.66. The van der Waals surface area contributed by atoms with E-state index in [1.807, 2.05) is 0 Å². The minimum absolute atomic E-state index is 0. The average molecular weight is 285 g/mol. The number of carboxylic acids is 1. The fourth-order valence-electron chi connectivity index (χ4n) is 2.24. The first kappa shape index (κ1) is 15.8. The van der Waals surface area contributed by atoms with E-state index in [0.717, 1.165) is 26.2 Å². The molecule has 0 bridgehead atoms. The van der Waals surface area contributed by atoms with Crippen LogP contribution in [0.4, 0.5) is 5.69 Å². The molecule has 2 rings (SSSR count). The molecule has 1 aromatic rings. The van der Waals surface area contributed by atoms with Crippen LogP contribution >= 0.6 is 12.4 Å². The van der Waals surface area contributed by atoms with Gasteiger partial charge in [0.15, 0.2) is 0 Å². The van der Waals surface area contributed by atoms with Crippen LogP contribution in [0.1, 0.15) is 12.0 Å². The summed E-state index contributed by atoms with van der Waals surface area (Å²) in [6.07, 6.45) is 0.241. The number of hydrogen-bond acceptors (Lipinski definition) is 3. The molecule has 1 saturated heterocycles. The molecule has 0 spiro atoms. The number of hydrogen-bond donors (Lipinski definition) is 1. The zero-order valence-corrected chi connectivity index (χ0v) is 12.0. The van der Waals surface area contributed by atoms with Crippen molar-refractivity contribution in [3.05, 3.63) is 29.8 Å². The lowest BCUT2D eigenvalue weighted by Gasteiger charge is -2.35. The van der Waals surface area contributed by atoms with Gasteiger partial charge in [0.05, 0.1) is 6.42 Å². The SMILES string of the molecule is Cc1ccc(N2CCN(CCC(=O)O)CC2)cc1.Cl. The number of anilines is 1. The maximum absolute atomic E-state index is 10.5. The van der Waals surface area contributed by atoms with Crippen LogP contribution in [0.5, 0.6) is 0 Å². The molecule has 0 amide bonds. The number of carboxylic acid groups (broad SMARTS) is 1. The third kappa shape index (κ3) is 4.73. The van der Waals surface area contributed by atoms with Crippen molar-refractivity contribution in [2.45, 2.75) is 13.3 Å². The number of nitrogens with zero attached hydrogens (tertiary/aromatic N) is 2. The molecule has 0 radical (unpaired) electrons. The normalized spacial score (nSPS) is 15.9. The van der Waals surface area contributed by atoms with Gasteiger partial charge in [-0.15, -0.1) is 12.4 Å². The van der Waals surface area contributed by atoms with E-state index >= 15 is 0 Å². The maximum atomic E-state index is 10.5. The minimum Gasteiger partial charge on any atom is -0.481 e. The first-order valence-electron chi connectivity index (χ1n) is 6.41. The van der Waals surface area contributed by atoms with Gasteiger partial charge < -0.3 is 10.0 Å². The molecular formula is C14H21ClN2O2. The molecule has 1 fully saturated rings. The Morgan fingerprint density at radius 1 is 1.16 bits per heavy atom. The largest absolute Gasteiger partial charge is 0.481 e. The zero-order valence-electron chi connectivity index (χ0n) is 11.2. The van der Waals surface area contributed by atoms with Gasteiger partial charge in [-0.3, -0.25) is 9.69 Å². The molecule has 1 aliphatic rings. The predicted molar refractivity (Wildman–Crippen MR) is 79.3 cm³/mol. The van der Waals surface area contributed by atoms with Crippen molar-refractivity contribution in [3.8, 4) is 0 Å². The molecule has 0 aliphatic carbocycles. The van der Waals surface area contributed by atoms with E-state index < -0.39 is 5.97 Å². The first-order chi connectivity index (χ1) is 8.65. The highest BCUT2D eigenvalue weighted by atomic mass is 35.5. The van der Waals surface area contributed by atoms with Crippen LogP contribution < -0.4 is 4.90 Å². The first-order valence-corrected chi connectivity index (χ1v) is 6.41. The van der Waals surface area contributed by atoms with Crippen molar-refractivity contribution in [3.63, 3.8) is 0 Å². The van der Waals surface area contributed by atoms with E-state index in [1.165, 1.54) is 11.3 Å². The van der Waals surface area contributed by atoms with Gasteiger partial charge >= 0.3 is 5.97 Å². The number of aryl methyl sites for hydroxylation is 1. The Labute approximate surface area is 120 Å². The van der Waals surface area contributed by atoms with Gasteiger partial charge in [-0.1, -0.05) is 17.7 Å². The molecule has 1 heterocycles. The monoisotopic (exact) mass is 284 g/mol. The number of aliphatic carboxylic acids is 1. The van der Waals surface area contributed by atoms with Gasteiger partial charge in [0.1, 0.15) is 0 Å². The van der Waals surface area contributed by atoms with E-state index in [9.17, 15) is 4.79 Å². The fraction of sp³-hybridized carbons (Fsp3) is 0.500. The topological polar surface area (TPSA) is 43.8 Å². The summed E-state index contributed by atoms with van der Waals surface area (Å²) in [5.41, 5.74) is 2.54. The zero-order chi connectivity index (χ0) is 13.0. The van der Waals surface area contributed by atoms with Gasteiger partial charge in [0.2, 0.25) is 0 Å². The summed E-state index contributed by atoms with van der Waals surface area (Å²) >= 11 is 0. The second kappa shape index (κ2) is 7.36. The molecule has 4 nitrogen and oxygen atoms in total. The molecule has 19 heavy (non-hydrogen) atoms. The Morgan fingerprint density at radius 2 is 1.74 bits per heavy atom. The Kier molecular flexibility index (Phi) is 6.12. The number of halogens is 1. The number of benzene rings is 1. The van der Waals surface area contributed by atoms with E-state index in [1.54, 1.807) is 0 Å². The van der Waals surface area contributed by atoms with Crippen LogP contribution in [0, 0.1) is 6.92 Å². The predicted octanol–water partition coefficient (Wildman–Crippen LogP) is 2.01. The summed E-state index contributed by atoms with van der Waals surface area (Å²) in [6.45, 7) is 6.60. The van der Waals surface area contributed by atoms with Crippen LogP contribution in [-0.4, -0.2) is 48.7 Å². The second-order valence-corrected chi connectivity index (χ2v) is 4.81. The molecule has 1 aliphatic heterocycles. The third-order valence-electron chi connectivity index (χ3n) is 3.41. The highest BCUT2D eigenvalue weighted by Crippen LogP contribution is 2.17. The Bertz CT molecular complexity index is 400. The molecule has 106 valence electrons. The van der Waals surface area contributed by atoms with Crippen LogP contribution in [-0.2, 0) is 4.79 Å². The lowest BCUT2D eigenvalue weighted by atomic mass is 10.2. The quantitative estimate of drug-likeness (QED) is 0.919. The van der Waals surface area contributed by atoms with Crippen LogP contribution in [0.3, 0.4) is 0 Å². The summed E-state index contributed by atoms with van der Waals surface area (Å²) in [5.74, 6) is -0.712. The number of rotatable bonds is 4. The van der Waals surface area contributed by atoms with Crippen molar-refractivity contribution in [2.24, 2.45) is 0 Å². The Hall–Kier alpha value is -1.26. The molecular weight excluding hydrogens is 264 g/mol. The van der Waals surface area contributed by atoms with Crippen molar-refractivity contribution in [2.75, 3.05) is 37.6 Å². The van der Waals surface area contributed by atoms with Crippen molar-refractivity contribution < 1.29 is 9.90 Å². The van der Waals surface area contributed by atoms with Crippen LogP contribution in [0.15, 0.2) is 24.3 Å². The number of piperazine rings is 1. The average Bonchev–Trinajstić information content (AvgIpc) is 2.38. The number of carbonyl (C=O) groups is 1. The Balaban J connectivity index is 0.00000180. The standard InChI is InChI=1S/C14H20N2O2.ClH/c1-12-2-4-13(5-3-12)16-10-8-15(9-11-16)7-6-14(17)18;/h2-5H,6-11H2,1H3,(H,17,18);1H. The molecule has 5 heteroatoms. The van der Waals surface area contributed by atoms with Gasteiger partial charge in [-0.05, 0) is 19.1 Å². The second-order valence-electron chi connectivity index (χ2n) is 4.81. The van der Waals surface area contributed by atoms with E-state index in [0.29, 0.717) is 6.54 Å². The smallest absolute Gasteiger partial charge is 0.304 e. The molecule has 1 aromatic carbocycles. The van der Waals surface area contributed by atoms with E-state index in [-0.39, 0.29) is 18.8 Å². The van der Waals surface area contributed by atoms with E-state index in [4.69, 9.17) is 5.11 Å². The lowest BCUT2D eigenvalue weighted by Crippen LogP contribution is -2.46. The third-order valence-corrected chi connectivity index (χ3v) is 3.41. The van der Waals surface area contributed by atoms with E-state index in [2.05, 4.69) is 41.0 Å². The maximum Gasteiger partial charge on any atom is 0.304 e. The van der Waals surface area contributed by atoms with Gasteiger partial charge in [-0.25, -0.2) is 0 Å². The summed E-state index contributed by atoms with van der Waals surface area (Å²) in [6, 6.07) is 8.57. The fourth-order valence-corrected chi connectivity index (χ4v) is 2.24. The summed E-state index contributed by atoms with van der Waals surface area (Å²) in [7, 11) is 0. The van der Waals surface area contributed by atoms with Crippen molar-refractivity contribution >= 4 is 24.1 Å². The molecule has 0 aromatic heterocycles.